The Kier molecular flexibility index (Phi) is 3.79. The molecule has 0 aromatic carbocycles. The van der Waals surface area contributed by atoms with Gasteiger partial charge in [0.2, 0.25) is 5.88 Å². The van der Waals surface area contributed by atoms with Gasteiger partial charge in [-0.05, 0) is 35.6 Å². The van der Waals surface area contributed by atoms with E-state index in [0.717, 1.165) is 0 Å². The Morgan fingerprint density at radius 3 is 2.12 bits per heavy atom. The van der Waals surface area contributed by atoms with Crippen molar-refractivity contribution in [1.29, 1.82) is 0 Å². The first-order valence-corrected chi connectivity index (χ1v) is 5.08. The number of ether oxygens (including phenoxy) is 1. The van der Waals surface area contributed by atoms with Crippen molar-refractivity contribution in [3.63, 3.8) is 0 Å². The van der Waals surface area contributed by atoms with E-state index in [-0.39, 0.29) is 9.26 Å². The number of aryl methyl sites for hydroxylation is 1. The lowest BCUT2D eigenvalue weighted by molar-refractivity contribution is -0.277. The molecular formula is C8H4F6INO. The smallest absolute Gasteiger partial charge is 0.387 e. The van der Waals surface area contributed by atoms with Crippen molar-refractivity contribution in [2.75, 3.05) is 0 Å². The molecule has 0 bridgehead atoms. The predicted octanol–water partition coefficient (Wildman–Crippen LogP) is 3.91. The van der Waals surface area contributed by atoms with E-state index in [1.54, 1.807) is 22.6 Å². The second-order valence-corrected chi connectivity index (χ2v) is 4.12. The van der Waals surface area contributed by atoms with Crippen LogP contribution < -0.4 is 4.74 Å². The van der Waals surface area contributed by atoms with Crippen molar-refractivity contribution >= 4 is 22.6 Å². The lowest BCUT2D eigenvalue weighted by atomic mass is 10.2. The zero-order chi connectivity index (χ0) is 13.4. The standard InChI is InChI=1S/C8H4F6INO/c1-3-5(15)2-4(7(9,10)11)6(16-3)17-8(12,13)14/h2H,1H3. The van der Waals surface area contributed by atoms with Gasteiger partial charge in [0, 0.05) is 3.57 Å². The first-order chi connectivity index (χ1) is 7.50. The number of halogens is 7. The van der Waals surface area contributed by atoms with Crippen LogP contribution in [-0.2, 0) is 6.18 Å². The number of rotatable bonds is 1. The highest BCUT2D eigenvalue weighted by atomic mass is 127. The molecule has 0 aliphatic carbocycles. The van der Waals surface area contributed by atoms with Gasteiger partial charge in [-0.3, -0.25) is 0 Å². The van der Waals surface area contributed by atoms with Crippen molar-refractivity contribution in [2.45, 2.75) is 19.5 Å². The van der Waals surface area contributed by atoms with Crippen LogP contribution in [0.1, 0.15) is 11.3 Å². The maximum Gasteiger partial charge on any atom is 0.574 e. The van der Waals surface area contributed by atoms with Crippen LogP contribution in [0.5, 0.6) is 5.88 Å². The molecule has 0 aliphatic rings. The molecular weight excluding hydrogens is 367 g/mol. The van der Waals surface area contributed by atoms with Crippen molar-refractivity contribution in [3.8, 4) is 5.88 Å². The summed E-state index contributed by atoms with van der Waals surface area (Å²) in [5, 5.41) is 0. The van der Waals surface area contributed by atoms with E-state index < -0.39 is 24.0 Å². The van der Waals surface area contributed by atoms with Gasteiger partial charge in [-0.25, -0.2) is 4.98 Å². The van der Waals surface area contributed by atoms with Gasteiger partial charge < -0.3 is 4.74 Å². The third-order valence-corrected chi connectivity index (χ3v) is 2.73. The Balaban J connectivity index is 3.32. The average Bonchev–Trinajstić information content (AvgIpc) is 2.06. The van der Waals surface area contributed by atoms with E-state index >= 15 is 0 Å². The summed E-state index contributed by atoms with van der Waals surface area (Å²) in [7, 11) is 0. The number of hydrogen-bond donors (Lipinski definition) is 0. The monoisotopic (exact) mass is 371 g/mol. The molecule has 0 atom stereocenters. The second-order valence-electron chi connectivity index (χ2n) is 2.95. The molecule has 0 spiro atoms. The van der Waals surface area contributed by atoms with E-state index in [1.165, 1.54) is 6.92 Å². The molecule has 0 amide bonds. The Bertz CT molecular complexity index is 427. The molecule has 0 saturated heterocycles. The molecule has 0 saturated carbocycles. The maximum atomic E-state index is 12.4. The fourth-order valence-corrected chi connectivity index (χ4v) is 1.38. The van der Waals surface area contributed by atoms with Crippen LogP contribution in [0, 0.1) is 10.5 Å². The summed E-state index contributed by atoms with van der Waals surface area (Å²) in [4.78, 5) is 3.15. The molecule has 96 valence electrons. The Hall–Kier alpha value is -0.740. The fourth-order valence-electron chi connectivity index (χ4n) is 0.949. The zero-order valence-electron chi connectivity index (χ0n) is 8.08. The van der Waals surface area contributed by atoms with Gasteiger partial charge in [0.1, 0.15) is 5.56 Å². The van der Waals surface area contributed by atoms with Crippen LogP contribution in [0.25, 0.3) is 0 Å². The van der Waals surface area contributed by atoms with Crippen molar-refractivity contribution < 1.29 is 31.1 Å². The van der Waals surface area contributed by atoms with Gasteiger partial charge in [0.05, 0.1) is 5.69 Å². The summed E-state index contributed by atoms with van der Waals surface area (Å²) in [6.07, 6.45) is -10.2. The van der Waals surface area contributed by atoms with E-state index in [2.05, 4.69) is 9.72 Å². The van der Waals surface area contributed by atoms with E-state index in [4.69, 9.17) is 0 Å². The molecule has 2 nitrogen and oxygen atoms in total. The first-order valence-electron chi connectivity index (χ1n) is 4.01. The summed E-state index contributed by atoms with van der Waals surface area (Å²) in [5.74, 6) is -1.48. The molecule has 9 heteroatoms. The normalized spacial score (nSPS) is 12.7. The minimum absolute atomic E-state index is 0.0258. The number of hydrogen-bond acceptors (Lipinski definition) is 2. The van der Waals surface area contributed by atoms with Gasteiger partial charge in [0.15, 0.2) is 0 Å². The Morgan fingerprint density at radius 1 is 1.18 bits per heavy atom. The molecule has 0 fully saturated rings. The molecule has 0 unspecified atom stereocenters. The van der Waals surface area contributed by atoms with Crippen LogP contribution in [0.3, 0.4) is 0 Å². The largest absolute Gasteiger partial charge is 0.574 e. The molecule has 1 heterocycles. The average molecular weight is 371 g/mol. The van der Waals surface area contributed by atoms with E-state index in [9.17, 15) is 26.3 Å². The highest BCUT2D eigenvalue weighted by Crippen LogP contribution is 2.38. The van der Waals surface area contributed by atoms with Crippen molar-refractivity contribution in [1.82, 2.24) is 4.98 Å². The lowest BCUT2D eigenvalue weighted by Gasteiger charge is -2.15. The van der Waals surface area contributed by atoms with Crippen molar-refractivity contribution in [3.05, 3.63) is 20.9 Å². The van der Waals surface area contributed by atoms with Gasteiger partial charge in [-0.15, -0.1) is 13.2 Å². The van der Waals surface area contributed by atoms with Crippen LogP contribution in [0.4, 0.5) is 26.3 Å². The number of pyridine rings is 1. The molecule has 0 aliphatic heterocycles. The summed E-state index contributed by atoms with van der Waals surface area (Å²) in [6, 6.07) is 0.559. The Morgan fingerprint density at radius 2 is 1.71 bits per heavy atom. The number of alkyl halides is 6. The quantitative estimate of drug-likeness (QED) is 0.552. The predicted molar refractivity (Wildman–Crippen MR) is 53.4 cm³/mol. The summed E-state index contributed by atoms with van der Waals surface area (Å²) in [5.41, 5.74) is -1.53. The van der Waals surface area contributed by atoms with Gasteiger partial charge in [-0.1, -0.05) is 0 Å². The molecule has 1 aromatic rings. The van der Waals surface area contributed by atoms with Crippen LogP contribution in [0.15, 0.2) is 6.07 Å². The minimum Gasteiger partial charge on any atom is -0.387 e. The molecule has 1 aromatic heterocycles. The van der Waals surface area contributed by atoms with Gasteiger partial charge in [0.25, 0.3) is 0 Å². The third-order valence-electron chi connectivity index (χ3n) is 1.63. The van der Waals surface area contributed by atoms with Crippen LogP contribution in [-0.4, -0.2) is 11.3 Å². The summed E-state index contributed by atoms with van der Waals surface area (Å²) >= 11 is 1.54. The number of aromatic nitrogens is 1. The SMILES string of the molecule is Cc1nc(OC(F)(F)F)c(C(F)(F)F)cc1I. The minimum atomic E-state index is -5.22. The topological polar surface area (TPSA) is 22.1 Å². The lowest BCUT2D eigenvalue weighted by Crippen LogP contribution is -2.21. The molecule has 1 rings (SSSR count). The highest BCUT2D eigenvalue weighted by Gasteiger charge is 2.40. The fraction of sp³-hybridized carbons (Fsp3) is 0.375. The van der Waals surface area contributed by atoms with Gasteiger partial charge >= 0.3 is 12.5 Å². The zero-order valence-corrected chi connectivity index (χ0v) is 10.2. The highest BCUT2D eigenvalue weighted by molar-refractivity contribution is 14.1. The van der Waals surface area contributed by atoms with Crippen molar-refractivity contribution in [2.24, 2.45) is 0 Å². The van der Waals surface area contributed by atoms with Crippen LogP contribution >= 0.6 is 22.6 Å². The number of nitrogens with zero attached hydrogens (tertiary/aromatic N) is 1. The second kappa shape index (κ2) is 4.50. The molecule has 0 radical (unpaired) electrons. The Labute approximate surface area is 105 Å². The molecule has 0 N–H and O–H groups in total. The summed E-state index contributed by atoms with van der Waals surface area (Å²) in [6.45, 7) is 1.28. The van der Waals surface area contributed by atoms with Gasteiger partial charge in [-0.2, -0.15) is 13.2 Å². The maximum absolute atomic E-state index is 12.4. The van der Waals surface area contributed by atoms with E-state index in [1.807, 2.05) is 0 Å². The third kappa shape index (κ3) is 3.89. The van der Waals surface area contributed by atoms with Crippen LogP contribution in [0.2, 0.25) is 0 Å². The van der Waals surface area contributed by atoms with E-state index in [0.29, 0.717) is 6.07 Å². The molecule has 17 heavy (non-hydrogen) atoms. The summed E-state index contributed by atoms with van der Waals surface area (Å²) < 4.78 is 76.4. The first kappa shape index (κ1) is 14.3.